The third kappa shape index (κ3) is 5.23. The van der Waals surface area contributed by atoms with Gasteiger partial charge in [0.1, 0.15) is 0 Å². The van der Waals surface area contributed by atoms with Crippen molar-refractivity contribution in [2.75, 3.05) is 14.2 Å². The zero-order chi connectivity index (χ0) is 19.2. The highest BCUT2D eigenvalue weighted by molar-refractivity contribution is 5.74. The molecule has 0 bridgehead atoms. The molecule has 0 aliphatic carbocycles. The van der Waals surface area contributed by atoms with Crippen LogP contribution in [0.2, 0.25) is 0 Å². The molecule has 0 unspecified atom stereocenters. The molecular weight excluding hydrogens is 345 g/mol. The molecule has 0 aromatic heterocycles. The number of methoxy groups -OCH3 is 1. The maximum Gasteiger partial charge on any atom is 0.416 e. The van der Waals surface area contributed by atoms with Gasteiger partial charge in [0.05, 0.1) is 12.2 Å². The number of hydrogen-bond acceptors (Lipinski definition) is 2. The number of hydrogen-bond donors (Lipinski definition) is 1. The molecule has 0 aliphatic heterocycles. The van der Waals surface area contributed by atoms with Gasteiger partial charge in [-0.1, -0.05) is 42.5 Å². The minimum atomic E-state index is -4.45. The number of rotatable bonds is 6. The van der Waals surface area contributed by atoms with E-state index in [-0.39, 0.29) is 18.7 Å². The van der Waals surface area contributed by atoms with E-state index in [2.05, 4.69) is 5.32 Å². The van der Waals surface area contributed by atoms with Crippen LogP contribution in [-0.2, 0) is 30.6 Å². The van der Waals surface area contributed by atoms with Crippen LogP contribution in [0.5, 0.6) is 0 Å². The summed E-state index contributed by atoms with van der Waals surface area (Å²) in [7, 11) is 3.05. The number of alkyl halides is 3. The van der Waals surface area contributed by atoms with Gasteiger partial charge in [0.2, 0.25) is 0 Å². The van der Waals surface area contributed by atoms with Crippen molar-refractivity contribution in [3.8, 4) is 0 Å². The summed E-state index contributed by atoms with van der Waals surface area (Å²) in [5.74, 6) is 0. The Morgan fingerprint density at radius 2 is 1.62 bits per heavy atom. The lowest BCUT2D eigenvalue weighted by Gasteiger charge is -2.21. The second kappa shape index (κ2) is 8.71. The average molecular weight is 366 g/mol. The standard InChI is InChI=1S/C19H21F3N2O2/c1-24(12-15-8-5-6-10-17(15)19(20,21)22)18(25)23-11-14-7-3-4-9-16(14)13-26-2/h3-10H,11-13H2,1-2H3,(H,23,25). The maximum atomic E-state index is 13.1. The zero-order valence-electron chi connectivity index (χ0n) is 14.6. The van der Waals surface area contributed by atoms with Gasteiger partial charge < -0.3 is 15.0 Å². The smallest absolute Gasteiger partial charge is 0.380 e. The van der Waals surface area contributed by atoms with Crippen molar-refractivity contribution >= 4 is 6.03 Å². The molecule has 2 rings (SSSR count). The average Bonchev–Trinajstić information content (AvgIpc) is 2.60. The molecule has 0 spiro atoms. The van der Waals surface area contributed by atoms with Gasteiger partial charge in [-0.25, -0.2) is 4.79 Å². The van der Waals surface area contributed by atoms with E-state index < -0.39 is 17.8 Å². The minimum absolute atomic E-state index is 0.0532. The Hall–Kier alpha value is -2.54. The van der Waals surface area contributed by atoms with E-state index in [1.807, 2.05) is 24.3 Å². The molecule has 0 fully saturated rings. The molecule has 26 heavy (non-hydrogen) atoms. The molecule has 0 saturated carbocycles. The minimum Gasteiger partial charge on any atom is -0.380 e. The van der Waals surface area contributed by atoms with Crippen molar-refractivity contribution < 1.29 is 22.7 Å². The van der Waals surface area contributed by atoms with Gasteiger partial charge in [-0.05, 0) is 22.8 Å². The third-order valence-electron chi connectivity index (χ3n) is 3.93. The molecule has 0 saturated heterocycles. The van der Waals surface area contributed by atoms with Crippen molar-refractivity contribution in [1.29, 1.82) is 0 Å². The number of nitrogens with one attached hydrogen (secondary N) is 1. The molecule has 2 aromatic carbocycles. The first kappa shape index (κ1) is 19.8. The normalized spacial score (nSPS) is 11.3. The zero-order valence-corrected chi connectivity index (χ0v) is 14.6. The Bertz CT molecular complexity index is 748. The van der Waals surface area contributed by atoms with Gasteiger partial charge in [-0.2, -0.15) is 13.2 Å². The quantitative estimate of drug-likeness (QED) is 0.833. The van der Waals surface area contributed by atoms with E-state index in [4.69, 9.17) is 4.74 Å². The summed E-state index contributed by atoms with van der Waals surface area (Å²) in [5.41, 5.74) is 1.16. The van der Waals surface area contributed by atoms with E-state index in [1.165, 1.54) is 30.1 Å². The fraction of sp³-hybridized carbons (Fsp3) is 0.316. The van der Waals surface area contributed by atoms with Crippen LogP contribution in [0.3, 0.4) is 0 Å². The van der Waals surface area contributed by atoms with Gasteiger partial charge in [-0.15, -0.1) is 0 Å². The Labute approximate surface area is 150 Å². The fourth-order valence-electron chi connectivity index (χ4n) is 2.59. The number of carbonyl (C=O) groups is 1. The number of nitrogens with zero attached hydrogens (tertiary/aromatic N) is 1. The Morgan fingerprint density at radius 3 is 2.23 bits per heavy atom. The molecule has 1 N–H and O–H groups in total. The third-order valence-corrected chi connectivity index (χ3v) is 3.93. The topological polar surface area (TPSA) is 41.6 Å². The van der Waals surface area contributed by atoms with Gasteiger partial charge in [-0.3, -0.25) is 0 Å². The van der Waals surface area contributed by atoms with Crippen LogP contribution in [0.1, 0.15) is 22.3 Å². The van der Waals surface area contributed by atoms with Crippen LogP contribution < -0.4 is 5.32 Å². The molecule has 140 valence electrons. The SMILES string of the molecule is COCc1ccccc1CNC(=O)N(C)Cc1ccccc1C(F)(F)F. The molecule has 0 aliphatic rings. The van der Waals surface area contributed by atoms with Crippen molar-refractivity contribution in [3.63, 3.8) is 0 Å². The molecular formula is C19H21F3N2O2. The molecule has 2 amide bonds. The van der Waals surface area contributed by atoms with Crippen molar-refractivity contribution in [1.82, 2.24) is 10.2 Å². The second-order valence-corrected chi connectivity index (χ2v) is 5.87. The van der Waals surface area contributed by atoms with Gasteiger partial charge in [0, 0.05) is 27.2 Å². The van der Waals surface area contributed by atoms with Gasteiger partial charge in [0.15, 0.2) is 0 Å². The fourth-order valence-corrected chi connectivity index (χ4v) is 2.59. The molecule has 2 aromatic rings. The summed E-state index contributed by atoms with van der Waals surface area (Å²) >= 11 is 0. The van der Waals surface area contributed by atoms with Gasteiger partial charge in [0.25, 0.3) is 0 Å². The predicted molar refractivity (Wildman–Crippen MR) is 92.3 cm³/mol. The lowest BCUT2D eigenvalue weighted by Crippen LogP contribution is -2.37. The van der Waals surface area contributed by atoms with Gasteiger partial charge >= 0.3 is 12.2 Å². The van der Waals surface area contributed by atoms with Crippen LogP contribution in [0.4, 0.5) is 18.0 Å². The number of ether oxygens (including phenoxy) is 1. The summed E-state index contributed by atoms with van der Waals surface area (Å²) in [6.07, 6.45) is -4.45. The lowest BCUT2D eigenvalue weighted by molar-refractivity contribution is -0.138. The van der Waals surface area contributed by atoms with Crippen molar-refractivity contribution in [3.05, 3.63) is 70.8 Å². The maximum absolute atomic E-state index is 13.1. The first-order valence-corrected chi connectivity index (χ1v) is 8.02. The first-order valence-electron chi connectivity index (χ1n) is 8.02. The molecule has 0 radical (unpaired) electrons. The van der Waals surface area contributed by atoms with Crippen molar-refractivity contribution in [2.24, 2.45) is 0 Å². The summed E-state index contributed by atoms with van der Waals surface area (Å²) in [5, 5.41) is 2.73. The number of benzene rings is 2. The Kier molecular flexibility index (Phi) is 6.63. The molecule has 7 heteroatoms. The number of carbonyl (C=O) groups excluding carboxylic acids is 1. The summed E-state index contributed by atoms with van der Waals surface area (Å²) in [6.45, 7) is 0.547. The predicted octanol–water partition coefficient (Wildman–Crippen LogP) is 4.19. The van der Waals surface area contributed by atoms with E-state index in [0.29, 0.717) is 6.61 Å². The lowest BCUT2D eigenvalue weighted by atomic mass is 10.1. The van der Waals surface area contributed by atoms with Crippen LogP contribution >= 0.6 is 0 Å². The number of amides is 2. The van der Waals surface area contributed by atoms with Crippen LogP contribution in [0, 0.1) is 0 Å². The Balaban J connectivity index is 2.01. The number of halogens is 3. The van der Waals surface area contributed by atoms with E-state index in [9.17, 15) is 18.0 Å². The van der Waals surface area contributed by atoms with E-state index in [1.54, 1.807) is 7.11 Å². The molecule has 0 atom stereocenters. The van der Waals surface area contributed by atoms with E-state index in [0.717, 1.165) is 17.2 Å². The highest BCUT2D eigenvalue weighted by Gasteiger charge is 2.33. The highest BCUT2D eigenvalue weighted by atomic mass is 19.4. The van der Waals surface area contributed by atoms with Crippen LogP contribution in [0.15, 0.2) is 48.5 Å². The van der Waals surface area contributed by atoms with E-state index >= 15 is 0 Å². The highest BCUT2D eigenvalue weighted by Crippen LogP contribution is 2.32. The molecule has 0 heterocycles. The van der Waals surface area contributed by atoms with Crippen molar-refractivity contribution in [2.45, 2.75) is 25.9 Å². The second-order valence-electron chi connectivity index (χ2n) is 5.87. The number of urea groups is 1. The molecule has 4 nitrogen and oxygen atoms in total. The first-order chi connectivity index (χ1) is 12.3. The largest absolute Gasteiger partial charge is 0.416 e. The Morgan fingerprint density at radius 1 is 1.04 bits per heavy atom. The van der Waals surface area contributed by atoms with Crippen LogP contribution in [-0.4, -0.2) is 25.1 Å². The summed E-state index contributed by atoms with van der Waals surface area (Å²) < 4.78 is 44.3. The monoisotopic (exact) mass is 366 g/mol. The van der Waals surface area contributed by atoms with Crippen LogP contribution in [0.25, 0.3) is 0 Å². The summed E-state index contributed by atoms with van der Waals surface area (Å²) in [4.78, 5) is 13.5. The summed E-state index contributed by atoms with van der Waals surface area (Å²) in [6, 6.07) is 12.3.